The highest BCUT2D eigenvalue weighted by Gasteiger charge is 2.37. The smallest absolute Gasteiger partial charge is 0.339 e. The Labute approximate surface area is 194 Å². The molecule has 2 amide bonds. The molecule has 10 heteroatoms. The Morgan fingerprint density at radius 1 is 0.882 bits per heavy atom. The number of nitrogens with one attached hydrogen (secondary N) is 1. The second kappa shape index (κ2) is 8.78. The number of hydrogen-bond donors (Lipinski definition) is 1. The molecular weight excluding hydrogens is 449 g/mol. The number of aromatic nitrogens is 2. The molecular formula is C24H29F3N4O3. The van der Waals surface area contributed by atoms with Crippen LogP contribution in [0.4, 0.5) is 13.2 Å². The van der Waals surface area contributed by atoms with Crippen LogP contribution in [0.1, 0.15) is 44.1 Å². The number of fused-ring (bicyclic) bond motifs is 1. The Balaban J connectivity index is 1.15. The molecule has 1 saturated heterocycles. The van der Waals surface area contributed by atoms with E-state index in [-0.39, 0.29) is 35.1 Å². The van der Waals surface area contributed by atoms with Crippen molar-refractivity contribution in [1.29, 1.82) is 0 Å². The Morgan fingerprint density at radius 3 is 1.91 bits per heavy atom. The predicted molar refractivity (Wildman–Crippen MR) is 119 cm³/mol. The molecule has 0 radical (unpaired) electrons. The highest BCUT2D eigenvalue weighted by Crippen LogP contribution is 2.34. The maximum atomic E-state index is 13.0. The summed E-state index contributed by atoms with van der Waals surface area (Å²) >= 11 is 0. The van der Waals surface area contributed by atoms with Crippen molar-refractivity contribution in [2.24, 2.45) is 17.8 Å². The number of carbonyl (C=O) groups is 2. The van der Waals surface area contributed by atoms with Crippen molar-refractivity contribution in [2.45, 2.75) is 51.2 Å². The third-order valence-electron chi connectivity index (χ3n) is 7.57. The number of carbonyl (C=O) groups excluding carboxylic acids is 2. The number of halogens is 3. The largest absolute Gasteiger partial charge is 0.416 e. The average Bonchev–Trinajstić information content (AvgIpc) is 3.63. The van der Waals surface area contributed by atoms with Gasteiger partial charge in [-0.05, 0) is 62.6 Å². The first kappa shape index (κ1) is 23.0. The van der Waals surface area contributed by atoms with E-state index >= 15 is 0 Å². The minimum atomic E-state index is -4.46. The molecule has 0 atom stereocenters. The number of rotatable bonds is 4. The van der Waals surface area contributed by atoms with Gasteiger partial charge in [-0.15, -0.1) is 0 Å². The third-order valence-corrected chi connectivity index (χ3v) is 7.57. The van der Waals surface area contributed by atoms with Gasteiger partial charge in [0.25, 0.3) is 0 Å². The molecule has 2 heterocycles. The summed E-state index contributed by atoms with van der Waals surface area (Å²) in [5.74, 6) is 0.733. The van der Waals surface area contributed by atoms with E-state index in [9.17, 15) is 27.6 Å². The number of aromatic amines is 1. The summed E-state index contributed by atoms with van der Waals surface area (Å²) in [7, 11) is 0. The molecule has 2 saturated carbocycles. The molecule has 1 N–H and O–H groups in total. The molecule has 3 aliphatic rings. The summed E-state index contributed by atoms with van der Waals surface area (Å²) in [5, 5.41) is 0. The average molecular weight is 479 g/mol. The first-order valence-corrected chi connectivity index (χ1v) is 12.1. The van der Waals surface area contributed by atoms with Gasteiger partial charge in [-0.3, -0.25) is 14.2 Å². The van der Waals surface area contributed by atoms with Crippen LogP contribution in [0.3, 0.4) is 0 Å². The van der Waals surface area contributed by atoms with Crippen molar-refractivity contribution < 1.29 is 22.8 Å². The number of alkyl halides is 3. The molecule has 1 aromatic carbocycles. The molecule has 34 heavy (non-hydrogen) atoms. The van der Waals surface area contributed by atoms with E-state index in [2.05, 4.69) is 4.98 Å². The number of hydrogen-bond acceptors (Lipinski definition) is 3. The standard InChI is InChI=1S/C24H29F3N4O3/c25-24(26,27)18-7-8-20-19(13-18)28-23(34)31(20)14-15-1-3-16(4-2-15)21(32)29-9-11-30(12-10-29)22(33)17-5-6-17/h7-8,13,15-17H,1-6,9-12,14H2,(H,28,34). The van der Waals surface area contributed by atoms with Crippen LogP contribution in [0, 0.1) is 17.8 Å². The lowest BCUT2D eigenvalue weighted by Crippen LogP contribution is -2.52. The van der Waals surface area contributed by atoms with E-state index < -0.39 is 17.4 Å². The lowest BCUT2D eigenvalue weighted by atomic mass is 9.81. The van der Waals surface area contributed by atoms with Crippen LogP contribution in [0.25, 0.3) is 11.0 Å². The van der Waals surface area contributed by atoms with Gasteiger partial charge in [0.2, 0.25) is 11.8 Å². The molecule has 1 aliphatic heterocycles. The van der Waals surface area contributed by atoms with Gasteiger partial charge in [0.1, 0.15) is 0 Å². The Hall–Kier alpha value is -2.78. The summed E-state index contributed by atoms with van der Waals surface area (Å²) in [5.41, 5.74) is -0.547. The Kier molecular flexibility index (Phi) is 5.93. The van der Waals surface area contributed by atoms with Crippen LogP contribution in [0.15, 0.2) is 23.0 Å². The van der Waals surface area contributed by atoms with Crippen molar-refractivity contribution in [3.8, 4) is 0 Å². The maximum absolute atomic E-state index is 13.0. The molecule has 2 aliphatic carbocycles. The van der Waals surface area contributed by atoms with Crippen molar-refractivity contribution in [2.75, 3.05) is 26.2 Å². The van der Waals surface area contributed by atoms with Gasteiger partial charge in [0.05, 0.1) is 16.6 Å². The van der Waals surface area contributed by atoms with Gasteiger partial charge in [-0.2, -0.15) is 13.2 Å². The third kappa shape index (κ3) is 4.59. The molecule has 3 fully saturated rings. The predicted octanol–water partition coefficient (Wildman–Crippen LogP) is 3.24. The quantitative estimate of drug-likeness (QED) is 0.733. The number of imidazole rings is 1. The highest BCUT2D eigenvalue weighted by molar-refractivity contribution is 5.82. The van der Waals surface area contributed by atoms with E-state index in [1.54, 1.807) is 0 Å². The minimum absolute atomic E-state index is 0.0454. The van der Waals surface area contributed by atoms with E-state index in [4.69, 9.17) is 0 Å². The van der Waals surface area contributed by atoms with Crippen LogP contribution in [0.2, 0.25) is 0 Å². The van der Waals surface area contributed by atoms with Crippen LogP contribution < -0.4 is 5.69 Å². The lowest BCUT2D eigenvalue weighted by Gasteiger charge is -2.38. The lowest BCUT2D eigenvalue weighted by molar-refractivity contribution is -0.143. The summed E-state index contributed by atoms with van der Waals surface area (Å²) in [4.78, 5) is 43.9. The second-order valence-corrected chi connectivity index (χ2v) is 9.91. The fraction of sp³-hybridized carbons (Fsp3) is 0.625. The van der Waals surface area contributed by atoms with Crippen LogP contribution in [-0.2, 0) is 22.3 Å². The first-order valence-electron chi connectivity index (χ1n) is 12.1. The van der Waals surface area contributed by atoms with Gasteiger partial charge < -0.3 is 14.8 Å². The van der Waals surface area contributed by atoms with Crippen molar-refractivity contribution >= 4 is 22.8 Å². The normalized spacial score (nSPS) is 24.0. The molecule has 0 spiro atoms. The zero-order chi connectivity index (χ0) is 24.0. The van der Waals surface area contributed by atoms with E-state index in [0.717, 1.165) is 50.7 Å². The number of piperazine rings is 1. The molecule has 2 aromatic rings. The van der Waals surface area contributed by atoms with Crippen LogP contribution in [-0.4, -0.2) is 57.3 Å². The summed E-state index contributed by atoms with van der Waals surface area (Å²) < 4.78 is 40.4. The van der Waals surface area contributed by atoms with E-state index in [1.165, 1.54) is 10.6 Å². The van der Waals surface area contributed by atoms with Crippen molar-refractivity contribution in [3.05, 3.63) is 34.2 Å². The molecule has 5 rings (SSSR count). The number of amides is 2. The van der Waals surface area contributed by atoms with E-state index in [1.807, 2.05) is 9.80 Å². The first-order chi connectivity index (χ1) is 16.2. The van der Waals surface area contributed by atoms with Crippen LogP contribution in [0.5, 0.6) is 0 Å². The van der Waals surface area contributed by atoms with Crippen LogP contribution >= 0.6 is 0 Å². The second-order valence-electron chi connectivity index (χ2n) is 9.91. The maximum Gasteiger partial charge on any atom is 0.416 e. The van der Waals surface area contributed by atoms with Gasteiger partial charge >= 0.3 is 11.9 Å². The summed E-state index contributed by atoms with van der Waals surface area (Å²) in [6.07, 6.45) is 0.561. The summed E-state index contributed by atoms with van der Waals surface area (Å²) in [6, 6.07) is 3.32. The number of H-pyrrole nitrogens is 1. The zero-order valence-electron chi connectivity index (χ0n) is 18.9. The molecule has 184 valence electrons. The van der Waals surface area contributed by atoms with Gasteiger partial charge in [-0.25, -0.2) is 4.79 Å². The van der Waals surface area contributed by atoms with Gasteiger partial charge in [0, 0.05) is 44.6 Å². The fourth-order valence-electron chi connectivity index (χ4n) is 5.37. The molecule has 7 nitrogen and oxygen atoms in total. The number of nitrogens with zero attached hydrogens (tertiary/aromatic N) is 3. The van der Waals surface area contributed by atoms with E-state index in [0.29, 0.717) is 38.2 Å². The minimum Gasteiger partial charge on any atom is -0.339 e. The van der Waals surface area contributed by atoms with Crippen molar-refractivity contribution in [3.63, 3.8) is 0 Å². The SMILES string of the molecule is O=C(C1CCC(Cn2c(=O)[nH]c3cc(C(F)(F)F)ccc32)CC1)N1CCN(C(=O)C2CC2)CC1. The highest BCUT2D eigenvalue weighted by atomic mass is 19.4. The topological polar surface area (TPSA) is 78.4 Å². The fourth-order valence-corrected chi connectivity index (χ4v) is 5.37. The Morgan fingerprint density at radius 2 is 1.41 bits per heavy atom. The monoisotopic (exact) mass is 478 g/mol. The van der Waals surface area contributed by atoms with Gasteiger partial charge in [0.15, 0.2) is 0 Å². The molecule has 1 aromatic heterocycles. The Bertz CT molecular complexity index is 1130. The number of benzene rings is 1. The summed E-state index contributed by atoms with van der Waals surface area (Å²) in [6.45, 7) is 2.81. The zero-order valence-corrected chi connectivity index (χ0v) is 18.9. The molecule has 0 unspecified atom stereocenters. The van der Waals surface area contributed by atoms with Crippen molar-refractivity contribution in [1.82, 2.24) is 19.4 Å². The molecule has 0 bridgehead atoms. The van der Waals surface area contributed by atoms with Gasteiger partial charge in [-0.1, -0.05) is 0 Å².